The molecule has 0 spiro atoms. The number of likely N-dealkylation sites (N-methyl/N-ethyl adjacent to an activating group) is 1. The van der Waals surface area contributed by atoms with E-state index in [1.807, 2.05) is 56.3 Å². The van der Waals surface area contributed by atoms with Gasteiger partial charge in [-0.2, -0.15) is 0 Å². The lowest BCUT2D eigenvalue weighted by atomic mass is 10.1. The lowest BCUT2D eigenvalue weighted by molar-refractivity contribution is -0.137. The summed E-state index contributed by atoms with van der Waals surface area (Å²) in [7, 11) is 3.16. The van der Waals surface area contributed by atoms with Crippen LogP contribution in [0.1, 0.15) is 18.1 Å². The molecular formula is C21H26N2O4. The molecule has 2 aromatic rings. The summed E-state index contributed by atoms with van der Waals surface area (Å²) in [5.41, 5.74) is 2.73. The summed E-state index contributed by atoms with van der Waals surface area (Å²) >= 11 is 0. The van der Waals surface area contributed by atoms with Crippen LogP contribution >= 0.6 is 0 Å². The number of hydrogen-bond donors (Lipinski definition) is 1. The van der Waals surface area contributed by atoms with Crippen molar-refractivity contribution in [2.24, 2.45) is 0 Å². The van der Waals surface area contributed by atoms with Gasteiger partial charge < -0.3 is 19.7 Å². The van der Waals surface area contributed by atoms with E-state index in [1.54, 1.807) is 14.2 Å². The van der Waals surface area contributed by atoms with E-state index >= 15 is 0 Å². The van der Waals surface area contributed by atoms with Gasteiger partial charge in [0.05, 0.1) is 14.2 Å². The Balaban J connectivity index is 1.95. The quantitative estimate of drug-likeness (QED) is 0.761. The van der Waals surface area contributed by atoms with Gasteiger partial charge in [0.25, 0.3) is 0 Å². The highest BCUT2D eigenvalue weighted by atomic mass is 16.5. The number of aryl methyl sites for hydroxylation is 1. The molecular weight excluding hydrogens is 344 g/mol. The third kappa shape index (κ3) is 5.23. The molecule has 2 amide bonds. The Kier molecular flexibility index (Phi) is 7.23. The zero-order chi connectivity index (χ0) is 19.8. The molecule has 0 aliphatic carbocycles. The van der Waals surface area contributed by atoms with E-state index in [4.69, 9.17) is 9.47 Å². The first-order valence-corrected chi connectivity index (χ1v) is 8.87. The molecule has 0 fully saturated rings. The molecule has 6 nitrogen and oxygen atoms in total. The van der Waals surface area contributed by atoms with Crippen LogP contribution in [-0.4, -0.2) is 39.1 Å². The normalized spacial score (nSPS) is 10.2. The fourth-order valence-corrected chi connectivity index (χ4v) is 2.79. The van der Waals surface area contributed by atoms with Gasteiger partial charge in [-0.05, 0) is 55.7 Å². The van der Waals surface area contributed by atoms with Crippen molar-refractivity contribution in [1.82, 2.24) is 5.32 Å². The van der Waals surface area contributed by atoms with Crippen molar-refractivity contribution in [1.29, 1.82) is 0 Å². The monoisotopic (exact) mass is 370 g/mol. The Morgan fingerprint density at radius 1 is 1.04 bits per heavy atom. The number of amides is 2. The average Bonchev–Trinajstić information content (AvgIpc) is 2.68. The first kappa shape index (κ1) is 20.3. The summed E-state index contributed by atoms with van der Waals surface area (Å²) in [6.07, 6.45) is 0.579. The predicted molar refractivity (Wildman–Crippen MR) is 105 cm³/mol. The highest BCUT2D eigenvalue weighted by molar-refractivity contribution is 6.40. The summed E-state index contributed by atoms with van der Waals surface area (Å²) in [5.74, 6) is 0.112. The summed E-state index contributed by atoms with van der Waals surface area (Å²) in [6.45, 7) is 4.57. The number of benzene rings is 2. The molecule has 0 atom stereocenters. The van der Waals surface area contributed by atoms with Gasteiger partial charge in [0.1, 0.15) is 0 Å². The van der Waals surface area contributed by atoms with Crippen LogP contribution in [0.5, 0.6) is 11.5 Å². The molecule has 0 aliphatic heterocycles. The molecule has 27 heavy (non-hydrogen) atoms. The maximum absolute atomic E-state index is 12.5. The number of ether oxygens (including phenoxy) is 2. The van der Waals surface area contributed by atoms with E-state index in [0.717, 1.165) is 16.8 Å². The van der Waals surface area contributed by atoms with Gasteiger partial charge in [0, 0.05) is 18.8 Å². The molecule has 1 N–H and O–H groups in total. The summed E-state index contributed by atoms with van der Waals surface area (Å²) < 4.78 is 10.5. The Morgan fingerprint density at radius 2 is 1.78 bits per heavy atom. The number of carbonyl (C=O) groups excluding carboxylic acids is 2. The van der Waals surface area contributed by atoms with Crippen molar-refractivity contribution in [2.75, 3.05) is 32.2 Å². The molecule has 0 heterocycles. The molecule has 0 bridgehead atoms. The lowest BCUT2D eigenvalue weighted by Gasteiger charge is -2.20. The Morgan fingerprint density at radius 3 is 2.41 bits per heavy atom. The molecule has 2 aromatic carbocycles. The van der Waals surface area contributed by atoms with Gasteiger partial charge in [-0.1, -0.05) is 18.2 Å². The second-order valence-electron chi connectivity index (χ2n) is 6.08. The number of carbonyl (C=O) groups is 2. The van der Waals surface area contributed by atoms with Crippen molar-refractivity contribution in [3.8, 4) is 11.5 Å². The largest absolute Gasteiger partial charge is 0.493 e. The van der Waals surface area contributed by atoms with Crippen LogP contribution in [0.4, 0.5) is 5.69 Å². The number of hydrogen-bond acceptors (Lipinski definition) is 4. The van der Waals surface area contributed by atoms with E-state index in [2.05, 4.69) is 5.32 Å². The van der Waals surface area contributed by atoms with Crippen molar-refractivity contribution in [3.63, 3.8) is 0 Å². The first-order chi connectivity index (χ1) is 13.0. The summed E-state index contributed by atoms with van der Waals surface area (Å²) in [6, 6.07) is 13.1. The van der Waals surface area contributed by atoms with Gasteiger partial charge in [-0.15, -0.1) is 0 Å². The molecule has 2 rings (SSSR count). The second-order valence-corrected chi connectivity index (χ2v) is 6.08. The van der Waals surface area contributed by atoms with Crippen LogP contribution < -0.4 is 19.7 Å². The van der Waals surface area contributed by atoms with Crippen molar-refractivity contribution < 1.29 is 19.1 Å². The summed E-state index contributed by atoms with van der Waals surface area (Å²) in [4.78, 5) is 26.2. The molecule has 0 aromatic heterocycles. The van der Waals surface area contributed by atoms with Crippen molar-refractivity contribution in [2.45, 2.75) is 20.3 Å². The molecule has 0 saturated carbocycles. The van der Waals surface area contributed by atoms with Crippen LogP contribution in [-0.2, 0) is 16.0 Å². The fraction of sp³-hybridized carbons (Fsp3) is 0.333. The standard InChI is InChI=1S/C21H26N2O4/c1-5-23(17-8-6-7-15(2)13-17)21(25)20(24)22-12-11-16-9-10-18(26-3)19(14-16)27-4/h6-10,13-14H,5,11-12H2,1-4H3,(H,22,24). The molecule has 6 heteroatoms. The molecule has 0 unspecified atom stereocenters. The van der Waals surface area contributed by atoms with Crippen molar-refractivity contribution >= 4 is 17.5 Å². The SMILES string of the molecule is CCN(C(=O)C(=O)NCCc1ccc(OC)c(OC)c1)c1cccc(C)c1. The first-order valence-electron chi connectivity index (χ1n) is 8.87. The van der Waals surface area contributed by atoms with Gasteiger partial charge >= 0.3 is 11.8 Å². The minimum atomic E-state index is -0.612. The summed E-state index contributed by atoms with van der Waals surface area (Å²) in [5, 5.41) is 2.69. The van der Waals surface area contributed by atoms with E-state index < -0.39 is 11.8 Å². The third-order valence-electron chi connectivity index (χ3n) is 4.22. The van der Waals surface area contributed by atoms with E-state index in [0.29, 0.717) is 31.0 Å². The van der Waals surface area contributed by atoms with Crippen molar-refractivity contribution in [3.05, 3.63) is 53.6 Å². The topological polar surface area (TPSA) is 67.9 Å². The highest BCUT2D eigenvalue weighted by Crippen LogP contribution is 2.27. The van der Waals surface area contributed by atoms with Crippen LogP contribution in [0.2, 0.25) is 0 Å². The van der Waals surface area contributed by atoms with E-state index in [9.17, 15) is 9.59 Å². The molecule has 0 saturated heterocycles. The number of nitrogens with one attached hydrogen (secondary N) is 1. The maximum Gasteiger partial charge on any atom is 0.316 e. The number of anilines is 1. The van der Waals surface area contributed by atoms with Gasteiger partial charge in [-0.25, -0.2) is 0 Å². The fourth-order valence-electron chi connectivity index (χ4n) is 2.79. The zero-order valence-corrected chi connectivity index (χ0v) is 16.2. The van der Waals surface area contributed by atoms with Gasteiger partial charge in [0.2, 0.25) is 0 Å². The number of rotatable bonds is 7. The van der Waals surface area contributed by atoms with Crippen LogP contribution in [0.3, 0.4) is 0 Å². The number of methoxy groups -OCH3 is 2. The van der Waals surface area contributed by atoms with Crippen LogP contribution in [0, 0.1) is 6.92 Å². The van der Waals surface area contributed by atoms with Gasteiger partial charge in [-0.3, -0.25) is 9.59 Å². The zero-order valence-electron chi connectivity index (χ0n) is 16.2. The molecule has 0 aliphatic rings. The average molecular weight is 370 g/mol. The smallest absolute Gasteiger partial charge is 0.316 e. The van der Waals surface area contributed by atoms with Crippen LogP contribution in [0.25, 0.3) is 0 Å². The van der Waals surface area contributed by atoms with Gasteiger partial charge in [0.15, 0.2) is 11.5 Å². The number of nitrogens with zero attached hydrogens (tertiary/aromatic N) is 1. The van der Waals surface area contributed by atoms with Crippen LogP contribution in [0.15, 0.2) is 42.5 Å². The maximum atomic E-state index is 12.5. The lowest BCUT2D eigenvalue weighted by Crippen LogP contribution is -2.43. The minimum Gasteiger partial charge on any atom is -0.493 e. The minimum absolute atomic E-state index is 0.353. The van der Waals surface area contributed by atoms with E-state index in [1.165, 1.54) is 4.90 Å². The molecule has 144 valence electrons. The Labute approximate surface area is 160 Å². The Hall–Kier alpha value is -3.02. The molecule has 0 radical (unpaired) electrons. The third-order valence-corrected chi connectivity index (χ3v) is 4.22. The second kappa shape index (κ2) is 9.62. The van der Waals surface area contributed by atoms with E-state index in [-0.39, 0.29) is 0 Å². The predicted octanol–water partition coefficient (Wildman–Crippen LogP) is 2.72. The highest BCUT2D eigenvalue weighted by Gasteiger charge is 2.21. The Bertz CT molecular complexity index is 805.